The third-order valence-corrected chi connectivity index (χ3v) is 3.73. The van der Waals surface area contributed by atoms with Crippen LogP contribution in [0.3, 0.4) is 0 Å². The summed E-state index contributed by atoms with van der Waals surface area (Å²) >= 11 is 1.44. The molecule has 0 aliphatic rings. The molecule has 5 nitrogen and oxygen atoms in total. The summed E-state index contributed by atoms with van der Waals surface area (Å²) in [7, 11) is 0. The number of hydrogen-bond acceptors (Lipinski definition) is 4. The Morgan fingerprint density at radius 1 is 1.10 bits per heavy atom. The van der Waals surface area contributed by atoms with E-state index in [0.717, 1.165) is 16.1 Å². The van der Waals surface area contributed by atoms with Crippen molar-refractivity contribution in [2.45, 2.75) is 10.8 Å². The van der Waals surface area contributed by atoms with Crippen LogP contribution in [0.2, 0.25) is 0 Å². The van der Waals surface area contributed by atoms with Gasteiger partial charge in [-0.25, -0.2) is 0 Å². The molecule has 3 aromatic rings. The van der Waals surface area contributed by atoms with Crippen LogP contribution in [0.15, 0.2) is 66.0 Å². The topological polar surface area (TPSA) is 57.6 Å². The van der Waals surface area contributed by atoms with Crippen LogP contribution in [-0.4, -0.2) is 15.0 Å². The molecule has 20 heavy (non-hydrogen) atoms. The second kappa shape index (κ2) is 5.75. The van der Waals surface area contributed by atoms with Gasteiger partial charge < -0.3 is 5.21 Å². The molecule has 0 saturated carbocycles. The maximum Gasteiger partial charge on any atom is 0.251 e. The standard InChI is InChI=1S/C14H12N4OS/c19-17-9-5-4-8-14(17)20-11-12-10-15-18(16-12)13-6-2-1-3-7-13/h1-10H,11H2. The second-order valence-corrected chi connectivity index (χ2v) is 5.11. The molecule has 0 radical (unpaired) electrons. The Labute approximate surface area is 120 Å². The third-order valence-electron chi connectivity index (χ3n) is 2.68. The molecule has 0 aliphatic heterocycles. The van der Waals surface area contributed by atoms with Crippen molar-refractivity contribution in [3.8, 4) is 5.69 Å². The number of aromatic nitrogens is 4. The fourth-order valence-electron chi connectivity index (χ4n) is 1.72. The first-order chi connectivity index (χ1) is 9.83. The summed E-state index contributed by atoms with van der Waals surface area (Å²) < 4.78 is 0.853. The first kappa shape index (κ1) is 12.7. The summed E-state index contributed by atoms with van der Waals surface area (Å²) in [4.78, 5) is 1.59. The smallest absolute Gasteiger partial charge is 0.251 e. The van der Waals surface area contributed by atoms with Crippen molar-refractivity contribution >= 4 is 11.8 Å². The Hall–Kier alpha value is -2.34. The van der Waals surface area contributed by atoms with Gasteiger partial charge in [-0.15, -0.1) is 0 Å². The van der Waals surface area contributed by atoms with E-state index in [9.17, 15) is 5.21 Å². The molecule has 100 valence electrons. The fraction of sp³-hybridized carbons (Fsp3) is 0.0714. The number of benzene rings is 1. The lowest BCUT2D eigenvalue weighted by Gasteiger charge is -2.01. The zero-order valence-corrected chi connectivity index (χ0v) is 11.4. The number of thioether (sulfide) groups is 1. The van der Waals surface area contributed by atoms with Gasteiger partial charge in [-0.1, -0.05) is 18.2 Å². The van der Waals surface area contributed by atoms with Gasteiger partial charge >= 0.3 is 0 Å². The van der Waals surface area contributed by atoms with Gasteiger partial charge in [-0.2, -0.15) is 19.7 Å². The summed E-state index contributed by atoms with van der Waals surface area (Å²) in [5.41, 5.74) is 1.75. The van der Waals surface area contributed by atoms with Crippen molar-refractivity contribution in [2.75, 3.05) is 0 Å². The molecular formula is C14H12N4OS. The molecule has 0 spiro atoms. The Balaban J connectivity index is 1.71. The van der Waals surface area contributed by atoms with Gasteiger partial charge in [0.1, 0.15) is 0 Å². The number of pyridine rings is 1. The Morgan fingerprint density at radius 3 is 2.70 bits per heavy atom. The molecular weight excluding hydrogens is 272 g/mol. The Bertz CT molecular complexity index is 699. The number of para-hydroxylation sites is 1. The van der Waals surface area contributed by atoms with Gasteiger partial charge in [0, 0.05) is 17.9 Å². The normalized spacial score (nSPS) is 10.6. The van der Waals surface area contributed by atoms with Crippen LogP contribution < -0.4 is 4.73 Å². The third kappa shape index (κ3) is 2.80. The van der Waals surface area contributed by atoms with E-state index in [1.807, 2.05) is 36.4 Å². The van der Waals surface area contributed by atoms with E-state index in [1.54, 1.807) is 23.1 Å². The number of nitrogens with zero attached hydrogens (tertiary/aromatic N) is 4. The van der Waals surface area contributed by atoms with Crippen LogP contribution >= 0.6 is 11.8 Å². The molecule has 6 heteroatoms. The summed E-state index contributed by atoms with van der Waals surface area (Å²) in [6.07, 6.45) is 3.21. The SMILES string of the molecule is [O-][n+]1ccccc1SCc1cnn(-c2ccccc2)n1. The van der Waals surface area contributed by atoms with E-state index >= 15 is 0 Å². The van der Waals surface area contributed by atoms with E-state index in [-0.39, 0.29) is 0 Å². The molecule has 0 saturated heterocycles. The van der Waals surface area contributed by atoms with Crippen molar-refractivity contribution < 1.29 is 4.73 Å². The van der Waals surface area contributed by atoms with Gasteiger partial charge in [-0.05, 0) is 30.0 Å². The molecule has 0 unspecified atom stereocenters. The van der Waals surface area contributed by atoms with Crippen molar-refractivity contribution in [3.05, 3.63) is 71.8 Å². The average Bonchev–Trinajstić information content (AvgIpc) is 2.96. The first-order valence-electron chi connectivity index (χ1n) is 6.10. The highest BCUT2D eigenvalue weighted by Gasteiger charge is 2.08. The molecule has 0 bridgehead atoms. The average molecular weight is 284 g/mol. The summed E-state index contributed by atoms with van der Waals surface area (Å²) in [5.74, 6) is 0.610. The summed E-state index contributed by atoms with van der Waals surface area (Å²) in [5, 5.41) is 20.8. The molecule has 0 aliphatic carbocycles. The van der Waals surface area contributed by atoms with Crippen molar-refractivity contribution in [1.82, 2.24) is 15.0 Å². The van der Waals surface area contributed by atoms with Crippen LogP contribution in [0.1, 0.15) is 5.69 Å². The van der Waals surface area contributed by atoms with Gasteiger partial charge in [0.15, 0.2) is 6.20 Å². The minimum atomic E-state index is 0.610. The quantitative estimate of drug-likeness (QED) is 0.418. The zero-order chi connectivity index (χ0) is 13.8. The van der Waals surface area contributed by atoms with Crippen molar-refractivity contribution in [3.63, 3.8) is 0 Å². The molecule has 0 amide bonds. The molecule has 3 rings (SSSR count). The van der Waals surface area contributed by atoms with E-state index in [2.05, 4.69) is 10.2 Å². The molecule has 0 N–H and O–H groups in total. The first-order valence-corrected chi connectivity index (χ1v) is 7.09. The highest BCUT2D eigenvalue weighted by atomic mass is 32.2. The zero-order valence-electron chi connectivity index (χ0n) is 10.6. The second-order valence-electron chi connectivity index (χ2n) is 4.11. The Kier molecular flexibility index (Phi) is 3.64. The number of rotatable bonds is 4. The largest absolute Gasteiger partial charge is 0.618 e. The predicted octanol–water partition coefficient (Wildman–Crippen LogP) is 2.19. The molecule has 1 aromatic carbocycles. The van der Waals surface area contributed by atoms with Gasteiger partial charge in [0.25, 0.3) is 5.03 Å². The van der Waals surface area contributed by atoms with Gasteiger partial charge in [0.2, 0.25) is 0 Å². The lowest BCUT2D eigenvalue weighted by molar-refractivity contribution is -0.645. The maximum absolute atomic E-state index is 11.5. The maximum atomic E-state index is 11.5. The van der Waals surface area contributed by atoms with E-state index in [4.69, 9.17) is 0 Å². The molecule has 2 heterocycles. The van der Waals surface area contributed by atoms with Crippen molar-refractivity contribution in [1.29, 1.82) is 0 Å². The predicted molar refractivity (Wildman–Crippen MR) is 76.3 cm³/mol. The van der Waals surface area contributed by atoms with Crippen LogP contribution in [-0.2, 0) is 5.75 Å². The van der Waals surface area contributed by atoms with Gasteiger partial charge in [0.05, 0.1) is 17.6 Å². The highest BCUT2D eigenvalue weighted by molar-refractivity contribution is 7.98. The van der Waals surface area contributed by atoms with Crippen LogP contribution in [0.5, 0.6) is 0 Å². The molecule has 2 aromatic heterocycles. The minimum absolute atomic E-state index is 0.610. The summed E-state index contributed by atoms with van der Waals surface area (Å²) in [6, 6.07) is 15.1. The Morgan fingerprint density at radius 2 is 1.90 bits per heavy atom. The lowest BCUT2D eigenvalue weighted by Crippen LogP contribution is -2.27. The van der Waals surface area contributed by atoms with Crippen molar-refractivity contribution in [2.24, 2.45) is 0 Å². The van der Waals surface area contributed by atoms with Crippen LogP contribution in [0.25, 0.3) is 5.69 Å². The molecule has 0 atom stereocenters. The van der Waals surface area contributed by atoms with E-state index in [1.165, 1.54) is 18.0 Å². The molecule has 0 fully saturated rings. The highest BCUT2D eigenvalue weighted by Crippen LogP contribution is 2.18. The fourth-order valence-corrected chi connectivity index (χ4v) is 2.51. The number of hydrogen-bond donors (Lipinski definition) is 0. The van der Waals surface area contributed by atoms with Gasteiger partial charge in [-0.3, -0.25) is 0 Å². The monoisotopic (exact) mass is 284 g/mol. The lowest BCUT2D eigenvalue weighted by atomic mass is 10.3. The van der Waals surface area contributed by atoms with Crippen LogP contribution in [0, 0.1) is 5.21 Å². The minimum Gasteiger partial charge on any atom is -0.618 e. The van der Waals surface area contributed by atoms with Crippen LogP contribution in [0.4, 0.5) is 0 Å². The van der Waals surface area contributed by atoms with E-state index < -0.39 is 0 Å². The van der Waals surface area contributed by atoms with E-state index in [0.29, 0.717) is 10.8 Å². The summed E-state index contributed by atoms with van der Waals surface area (Å²) in [6.45, 7) is 0.